The van der Waals surface area contributed by atoms with Crippen LogP contribution in [0, 0.1) is 5.92 Å². The minimum absolute atomic E-state index is 0.00167. The van der Waals surface area contributed by atoms with E-state index in [1.807, 2.05) is 78.9 Å². The number of hydrogen-bond acceptors (Lipinski definition) is 4. The first-order valence-corrected chi connectivity index (χ1v) is 9.91. The first-order valence-electron chi connectivity index (χ1n) is 9.91. The third-order valence-corrected chi connectivity index (χ3v) is 5.52. The van der Waals surface area contributed by atoms with Gasteiger partial charge in [0.15, 0.2) is 11.5 Å². The molecule has 1 aliphatic rings. The van der Waals surface area contributed by atoms with Crippen molar-refractivity contribution in [1.82, 2.24) is 0 Å². The Labute approximate surface area is 171 Å². The van der Waals surface area contributed by atoms with Gasteiger partial charge in [-0.3, -0.25) is 0 Å². The zero-order chi connectivity index (χ0) is 20.1. The Morgan fingerprint density at radius 3 is 2.38 bits per heavy atom. The first-order chi connectivity index (χ1) is 14.3. The summed E-state index contributed by atoms with van der Waals surface area (Å²) in [6.45, 7) is 1.61. The van der Waals surface area contributed by atoms with Crippen molar-refractivity contribution in [3.8, 4) is 11.5 Å². The monoisotopic (exact) mass is 390 g/mol. The zero-order valence-corrected chi connectivity index (χ0v) is 16.5. The molecule has 0 amide bonds. The van der Waals surface area contributed by atoms with Gasteiger partial charge >= 0.3 is 0 Å². The van der Waals surface area contributed by atoms with Gasteiger partial charge in [0.1, 0.15) is 6.61 Å². The normalized spacial score (nSPS) is 19.7. The van der Waals surface area contributed by atoms with E-state index in [2.05, 4.69) is 0 Å². The number of ether oxygens (including phenoxy) is 3. The molecule has 0 aromatic heterocycles. The number of hydrogen-bond donors (Lipinski definition) is 1. The maximum absolute atomic E-state index is 10.9. The average Bonchev–Trinajstić information content (AvgIpc) is 3.28. The highest BCUT2D eigenvalue weighted by molar-refractivity contribution is 5.44. The van der Waals surface area contributed by atoms with Crippen molar-refractivity contribution in [2.75, 3.05) is 20.3 Å². The smallest absolute Gasteiger partial charge is 0.161 e. The Morgan fingerprint density at radius 1 is 0.931 bits per heavy atom. The summed E-state index contributed by atoms with van der Waals surface area (Å²) in [6, 6.07) is 25.8. The average molecular weight is 390 g/mol. The molecule has 1 N–H and O–H groups in total. The summed E-state index contributed by atoms with van der Waals surface area (Å²) in [5.74, 6) is 1.50. The lowest BCUT2D eigenvalue weighted by Crippen LogP contribution is -2.19. The maximum atomic E-state index is 10.9. The highest BCUT2D eigenvalue weighted by atomic mass is 16.5. The van der Waals surface area contributed by atoms with Gasteiger partial charge in [0.05, 0.1) is 26.4 Å². The molecule has 0 saturated carbocycles. The number of benzene rings is 3. The van der Waals surface area contributed by atoms with Crippen LogP contribution in [-0.4, -0.2) is 25.4 Å². The Kier molecular flexibility index (Phi) is 6.13. The molecule has 3 unspecified atom stereocenters. The van der Waals surface area contributed by atoms with E-state index in [1.165, 1.54) is 0 Å². The lowest BCUT2D eigenvalue weighted by Gasteiger charge is -2.24. The minimum Gasteiger partial charge on any atom is -0.493 e. The third kappa shape index (κ3) is 4.44. The summed E-state index contributed by atoms with van der Waals surface area (Å²) in [5, 5.41) is 10.9. The van der Waals surface area contributed by atoms with E-state index in [1.54, 1.807) is 7.11 Å². The molecule has 4 heteroatoms. The zero-order valence-electron chi connectivity index (χ0n) is 16.5. The molecule has 4 nitrogen and oxygen atoms in total. The van der Waals surface area contributed by atoms with E-state index in [9.17, 15) is 5.11 Å². The van der Waals surface area contributed by atoms with Crippen molar-refractivity contribution < 1.29 is 19.3 Å². The predicted molar refractivity (Wildman–Crippen MR) is 112 cm³/mol. The second kappa shape index (κ2) is 9.12. The first kappa shape index (κ1) is 19.5. The fourth-order valence-electron chi connectivity index (χ4n) is 3.89. The van der Waals surface area contributed by atoms with Crippen molar-refractivity contribution in [3.05, 3.63) is 95.6 Å². The molecule has 0 spiro atoms. The SMILES string of the molecule is COc1cc(C2COCC2C(O)c2ccccc2)ccc1OCc1ccccc1. The molecule has 29 heavy (non-hydrogen) atoms. The van der Waals surface area contributed by atoms with Crippen LogP contribution < -0.4 is 9.47 Å². The van der Waals surface area contributed by atoms with Gasteiger partial charge in [-0.1, -0.05) is 66.7 Å². The second-order valence-electron chi connectivity index (χ2n) is 7.35. The fourth-order valence-corrected chi connectivity index (χ4v) is 3.89. The quantitative estimate of drug-likeness (QED) is 0.633. The van der Waals surface area contributed by atoms with Gasteiger partial charge in [-0.15, -0.1) is 0 Å². The van der Waals surface area contributed by atoms with Crippen LogP contribution in [0.2, 0.25) is 0 Å². The van der Waals surface area contributed by atoms with Crippen molar-refractivity contribution in [1.29, 1.82) is 0 Å². The summed E-state index contributed by atoms with van der Waals surface area (Å²) in [5.41, 5.74) is 3.11. The van der Waals surface area contributed by atoms with Gasteiger partial charge in [-0.2, -0.15) is 0 Å². The second-order valence-corrected chi connectivity index (χ2v) is 7.35. The summed E-state index contributed by atoms with van der Waals surface area (Å²) >= 11 is 0. The van der Waals surface area contributed by atoms with Crippen LogP contribution in [0.25, 0.3) is 0 Å². The molecule has 3 aromatic carbocycles. The molecular weight excluding hydrogens is 364 g/mol. The molecule has 0 radical (unpaired) electrons. The maximum Gasteiger partial charge on any atom is 0.161 e. The van der Waals surface area contributed by atoms with Crippen LogP contribution in [0.1, 0.15) is 28.7 Å². The molecule has 150 valence electrons. The number of rotatable bonds is 7. The molecule has 3 atom stereocenters. The molecular formula is C25H26O4. The molecule has 4 rings (SSSR count). The van der Waals surface area contributed by atoms with E-state index in [-0.39, 0.29) is 11.8 Å². The Bertz CT molecular complexity index is 911. The van der Waals surface area contributed by atoms with Crippen molar-refractivity contribution >= 4 is 0 Å². The molecule has 1 saturated heterocycles. The van der Waals surface area contributed by atoms with Crippen molar-refractivity contribution in [2.24, 2.45) is 5.92 Å². The summed E-state index contributed by atoms with van der Waals surface area (Å²) < 4.78 is 17.3. The number of aliphatic hydroxyl groups is 1. The van der Waals surface area contributed by atoms with Gasteiger partial charge in [0.25, 0.3) is 0 Å². The predicted octanol–water partition coefficient (Wildman–Crippen LogP) is 4.74. The molecule has 1 fully saturated rings. The van der Waals surface area contributed by atoms with Crippen LogP contribution in [0.4, 0.5) is 0 Å². The van der Waals surface area contributed by atoms with Gasteiger partial charge in [-0.25, -0.2) is 0 Å². The molecule has 1 heterocycles. The van der Waals surface area contributed by atoms with E-state index < -0.39 is 6.10 Å². The summed E-state index contributed by atoms with van der Waals surface area (Å²) in [6.07, 6.45) is -0.566. The molecule has 1 aliphatic heterocycles. The third-order valence-electron chi connectivity index (χ3n) is 5.52. The van der Waals surface area contributed by atoms with E-state index in [0.29, 0.717) is 31.3 Å². The highest BCUT2D eigenvalue weighted by Crippen LogP contribution is 2.41. The molecule has 0 aliphatic carbocycles. The lowest BCUT2D eigenvalue weighted by molar-refractivity contribution is 0.0883. The van der Waals surface area contributed by atoms with E-state index >= 15 is 0 Å². The van der Waals surface area contributed by atoms with Gasteiger partial charge in [0, 0.05) is 11.8 Å². The lowest BCUT2D eigenvalue weighted by atomic mass is 9.82. The highest BCUT2D eigenvalue weighted by Gasteiger charge is 2.36. The van der Waals surface area contributed by atoms with Crippen molar-refractivity contribution in [3.63, 3.8) is 0 Å². The van der Waals surface area contributed by atoms with Gasteiger partial charge < -0.3 is 19.3 Å². The van der Waals surface area contributed by atoms with E-state index in [4.69, 9.17) is 14.2 Å². The molecule has 0 bridgehead atoms. The van der Waals surface area contributed by atoms with Gasteiger partial charge in [0.2, 0.25) is 0 Å². The van der Waals surface area contributed by atoms with Crippen LogP contribution in [0.5, 0.6) is 11.5 Å². The van der Waals surface area contributed by atoms with Gasteiger partial charge in [-0.05, 0) is 28.8 Å². The number of methoxy groups -OCH3 is 1. The summed E-state index contributed by atoms with van der Waals surface area (Å²) in [7, 11) is 1.65. The van der Waals surface area contributed by atoms with E-state index in [0.717, 1.165) is 16.7 Å². The topological polar surface area (TPSA) is 47.9 Å². The minimum atomic E-state index is -0.566. The van der Waals surface area contributed by atoms with Crippen molar-refractivity contribution in [2.45, 2.75) is 18.6 Å². The standard InChI is InChI=1S/C25H26O4/c1-27-24-14-20(12-13-23(24)29-15-18-8-4-2-5-9-18)21-16-28-17-22(21)25(26)19-10-6-3-7-11-19/h2-14,21-22,25-26H,15-17H2,1H3. The van der Waals surface area contributed by atoms with Crippen LogP contribution in [0.3, 0.4) is 0 Å². The summed E-state index contributed by atoms with van der Waals surface area (Å²) in [4.78, 5) is 0. The largest absolute Gasteiger partial charge is 0.493 e. The number of aliphatic hydroxyl groups excluding tert-OH is 1. The fraction of sp³-hybridized carbons (Fsp3) is 0.280. The Morgan fingerprint density at radius 2 is 1.66 bits per heavy atom. The van der Waals surface area contributed by atoms with Crippen LogP contribution >= 0.6 is 0 Å². The van der Waals surface area contributed by atoms with Crippen LogP contribution in [0.15, 0.2) is 78.9 Å². The molecule has 3 aromatic rings. The Balaban J connectivity index is 1.52. The van der Waals surface area contributed by atoms with Crippen LogP contribution in [-0.2, 0) is 11.3 Å². The Hall–Kier alpha value is -2.82.